The molecule has 0 unspecified atom stereocenters. The number of hydrogen-bond acceptors (Lipinski definition) is 7. The van der Waals surface area contributed by atoms with Gasteiger partial charge in [0.2, 0.25) is 0 Å². The number of carboxylic acid groups (broad SMARTS) is 1. The highest BCUT2D eigenvalue weighted by atomic mass is 35.5. The van der Waals surface area contributed by atoms with Gasteiger partial charge in [0.15, 0.2) is 5.82 Å². The van der Waals surface area contributed by atoms with Gasteiger partial charge in [-0.15, -0.1) is 0 Å². The largest absolute Gasteiger partial charge is 0.465 e. The fraction of sp³-hybridized carbons (Fsp3) is 0.438. The molecule has 7 rings (SSSR count). The molecule has 0 bridgehead atoms. The molecule has 3 saturated heterocycles. The van der Waals surface area contributed by atoms with Gasteiger partial charge in [0.25, 0.3) is 0 Å². The van der Waals surface area contributed by atoms with Crippen LogP contribution in [0.15, 0.2) is 42.6 Å². The number of benzene rings is 2. The van der Waals surface area contributed by atoms with Crippen LogP contribution in [-0.4, -0.2) is 93.5 Å². The summed E-state index contributed by atoms with van der Waals surface area (Å²) in [6, 6.07) is 10.8. The van der Waals surface area contributed by atoms with Gasteiger partial charge in [-0.05, 0) is 43.7 Å². The molecule has 0 aliphatic carbocycles. The van der Waals surface area contributed by atoms with E-state index in [-0.39, 0.29) is 36.4 Å². The standard InChI is InChI=1S/C32H33ClF2N6O3/c1-39(21-8-4-12-40(17-21)31(42)43)29-23-15-36-27(22-9-2-6-19-7-3-10-24(33)25(19)22)26(35)28(23)37-30(38-29)44-18-32-11-5-13-41(32)16-20(34)14-32/h2-3,6-7,9-10,15,20-21H,4-5,8,11-14,16-18H2,1H3,(H,42,43)/t20-,21+,32+/m1/s1. The minimum Gasteiger partial charge on any atom is -0.465 e. The molecule has 3 atom stereocenters. The second-order valence-corrected chi connectivity index (χ2v) is 12.6. The fourth-order valence-corrected chi connectivity index (χ4v) is 7.58. The molecule has 2 aromatic heterocycles. The number of amides is 1. The highest BCUT2D eigenvalue weighted by molar-refractivity contribution is 6.36. The van der Waals surface area contributed by atoms with Crippen LogP contribution in [0.1, 0.15) is 32.1 Å². The van der Waals surface area contributed by atoms with Crippen molar-refractivity contribution >= 4 is 45.2 Å². The van der Waals surface area contributed by atoms with E-state index in [1.165, 1.54) is 4.90 Å². The first-order valence-corrected chi connectivity index (χ1v) is 15.4. The van der Waals surface area contributed by atoms with E-state index in [0.717, 1.165) is 31.2 Å². The Bertz CT molecular complexity index is 1760. The van der Waals surface area contributed by atoms with E-state index in [9.17, 15) is 14.3 Å². The van der Waals surface area contributed by atoms with Gasteiger partial charge in [0.1, 0.15) is 29.8 Å². The van der Waals surface area contributed by atoms with Crippen molar-refractivity contribution in [3.05, 3.63) is 53.4 Å². The summed E-state index contributed by atoms with van der Waals surface area (Å²) >= 11 is 6.57. The van der Waals surface area contributed by atoms with Crippen LogP contribution in [0.25, 0.3) is 32.9 Å². The van der Waals surface area contributed by atoms with E-state index in [1.807, 2.05) is 36.2 Å². The van der Waals surface area contributed by atoms with Crippen LogP contribution in [0.5, 0.6) is 6.01 Å². The molecule has 1 N–H and O–H groups in total. The Morgan fingerprint density at radius 1 is 1.18 bits per heavy atom. The minimum absolute atomic E-state index is 0.0132. The van der Waals surface area contributed by atoms with Crippen molar-refractivity contribution < 1.29 is 23.4 Å². The zero-order valence-electron chi connectivity index (χ0n) is 24.3. The first kappa shape index (κ1) is 28.9. The Balaban J connectivity index is 1.33. The number of rotatable bonds is 6. The lowest BCUT2D eigenvalue weighted by atomic mass is 9.95. The summed E-state index contributed by atoms with van der Waals surface area (Å²) in [6.07, 6.45) is 3.24. The Morgan fingerprint density at radius 2 is 2.00 bits per heavy atom. The molecule has 44 heavy (non-hydrogen) atoms. The average molecular weight is 623 g/mol. The maximum atomic E-state index is 16.6. The molecule has 3 fully saturated rings. The SMILES string of the molecule is CN(c1nc(OC[C@@]23CCCN2C[C@H](F)C3)nc2c(F)c(-c3cccc4cccc(Cl)c34)ncc12)[C@H]1CCCN(C(=O)O)C1. The molecular formula is C32H33ClF2N6O3. The van der Waals surface area contributed by atoms with E-state index >= 15 is 4.39 Å². The number of halogens is 3. The fourth-order valence-electron chi connectivity index (χ4n) is 7.30. The number of alkyl halides is 1. The first-order chi connectivity index (χ1) is 21.2. The second-order valence-electron chi connectivity index (χ2n) is 12.2. The van der Waals surface area contributed by atoms with E-state index in [1.54, 1.807) is 18.3 Å². The van der Waals surface area contributed by atoms with Crippen LogP contribution in [0.3, 0.4) is 0 Å². The molecule has 0 saturated carbocycles. The van der Waals surface area contributed by atoms with E-state index in [0.29, 0.717) is 53.1 Å². The molecule has 9 nitrogen and oxygen atoms in total. The van der Waals surface area contributed by atoms with E-state index in [2.05, 4.69) is 14.9 Å². The van der Waals surface area contributed by atoms with Gasteiger partial charge in [-0.25, -0.2) is 13.6 Å². The topological polar surface area (TPSA) is 94.9 Å². The van der Waals surface area contributed by atoms with Crippen LogP contribution >= 0.6 is 11.6 Å². The molecule has 5 heterocycles. The summed E-state index contributed by atoms with van der Waals surface area (Å²) < 4.78 is 37.3. The van der Waals surface area contributed by atoms with Crippen molar-refractivity contribution in [1.29, 1.82) is 0 Å². The lowest BCUT2D eigenvalue weighted by molar-refractivity contribution is 0.107. The van der Waals surface area contributed by atoms with Crippen molar-refractivity contribution in [2.24, 2.45) is 0 Å². The molecular weight excluding hydrogens is 590 g/mol. The monoisotopic (exact) mass is 622 g/mol. The van der Waals surface area contributed by atoms with Crippen LogP contribution in [0, 0.1) is 5.82 Å². The molecule has 0 radical (unpaired) electrons. The van der Waals surface area contributed by atoms with Gasteiger partial charge >= 0.3 is 12.1 Å². The number of ether oxygens (including phenoxy) is 1. The predicted molar refractivity (Wildman–Crippen MR) is 165 cm³/mol. The quantitative estimate of drug-likeness (QED) is 0.273. The third-order valence-electron chi connectivity index (χ3n) is 9.53. The maximum Gasteiger partial charge on any atom is 0.407 e. The van der Waals surface area contributed by atoms with Gasteiger partial charge in [-0.1, -0.05) is 41.9 Å². The average Bonchev–Trinajstić information content (AvgIpc) is 3.55. The maximum absolute atomic E-state index is 16.6. The molecule has 12 heteroatoms. The molecule has 3 aliphatic heterocycles. The third kappa shape index (κ3) is 4.95. The molecule has 3 aliphatic rings. The smallest absolute Gasteiger partial charge is 0.407 e. The number of piperidine rings is 1. The number of aromatic nitrogens is 3. The van der Waals surface area contributed by atoms with Gasteiger partial charge < -0.3 is 19.6 Å². The van der Waals surface area contributed by atoms with Crippen LogP contribution in [0.4, 0.5) is 19.4 Å². The highest BCUT2D eigenvalue weighted by Crippen LogP contribution is 2.41. The Hall–Kier alpha value is -3.83. The zero-order valence-corrected chi connectivity index (χ0v) is 25.1. The Labute approximate surface area is 258 Å². The molecule has 230 valence electrons. The number of nitrogens with zero attached hydrogens (tertiary/aromatic N) is 6. The summed E-state index contributed by atoms with van der Waals surface area (Å²) in [5, 5.41) is 12.0. The number of likely N-dealkylation sites (N-methyl/N-ethyl adjacent to an activating group) is 1. The number of pyridine rings is 1. The summed E-state index contributed by atoms with van der Waals surface area (Å²) in [4.78, 5) is 31.0. The van der Waals surface area contributed by atoms with Crippen molar-refractivity contribution in [2.45, 2.75) is 49.9 Å². The number of carbonyl (C=O) groups is 1. The van der Waals surface area contributed by atoms with E-state index < -0.39 is 23.6 Å². The highest BCUT2D eigenvalue weighted by Gasteiger charge is 2.49. The minimum atomic E-state index is -0.978. The Morgan fingerprint density at radius 3 is 2.82 bits per heavy atom. The van der Waals surface area contributed by atoms with Crippen LogP contribution < -0.4 is 9.64 Å². The Kier molecular flexibility index (Phi) is 7.40. The zero-order chi connectivity index (χ0) is 30.6. The van der Waals surface area contributed by atoms with Crippen LogP contribution in [-0.2, 0) is 0 Å². The van der Waals surface area contributed by atoms with Crippen molar-refractivity contribution in [3.63, 3.8) is 0 Å². The number of likely N-dealkylation sites (tertiary alicyclic amines) is 1. The lowest BCUT2D eigenvalue weighted by Crippen LogP contribution is -2.48. The first-order valence-electron chi connectivity index (χ1n) is 15.0. The van der Waals surface area contributed by atoms with E-state index in [4.69, 9.17) is 21.3 Å². The molecule has 2 aromatic carbocycles. The van der Waals surface area contributed by atoms with Crippen molar-refractivity contribution in [1.82, 2.24) is 24.8 Å². The molecule has 0 spiro atoms. The van der Waals surface area contributed by atoms with Crippen molar-refractivity contribution in [2.75, 3.05) is 44.7 Å². The van der Waals surface area contributed by atoms with Crippen LogP contribution in [0.2, 0.25) is 5.02 Å². The predicted octanol–water partition coefficient (Wildman–Crippen LogP) is 6.17. The second kappa shape index (κ2) is 11.3. The number of fused-ring (bicyclic) bond motifs is 3. The lowest BCUT2D eigenvalue weighted by Gasteiger charge is -2.37. The van der Waals surface area contributed by atoms with Crippen molar-refractivity contribution in [3.8, 4) is 17.3 Å². The van der Waals surface area contributed by atoms with Gasteiger partial charge in [-0.3, -0.25) is 9.88 Å². The summed E-state index contributed by atoms with van der Waals surface area (Å²) in [7, 11) is 1.82. The van der Waals surface area contributed by atoms with Gasteiger partial charge in [-0.2, -0.15) is 9.97 Å². The van der Waals surface area contributed by atoms with Gasteiger partial charge in [0.05, 0.1) is 10.9 Å². The number of anilines is 1. The molecule has 4 aromatic rings. The van der Waals surface area contributed by atoms with Gasteiger partial charge in [0, 0.05) is 61.3 Å². The summed E-state index contributed by atoms with van der Waals surface area (Å²) in [5.41, 5.74) is 0.234. The third-order valence-corrected chi connectivity index (χ3v) is 9.85. The number of hydrogen-bond donors (Lipinski definition) is 1. The summed E-state index contributed by atoms with van der Waals surface area (Å²) in [5.74, 6) is -0.246. The summed E-state index contributed by atoms with van der Waals surface area (Å²) in [6.45, 7) is 2.13. The molecule has 1 amide bonds. The normalized spacial score (nSPS) is 23.8.